The number of hydrogen-bond donors (Lipinski definition) is 1. The Morgan fingerprint density at radius 3 is 2.63 bits per heavy atom. The molecule has 0 spiro atoms. The molecule has 0 bridgehead atoms. The normalized spacial score (nSPS) is 18.6. The summed E-state index contributed by atoms with van der Waals surface area (Å²) in [6.45, 7) is 0.460. The Bertz CT molecular complexity index is 1240. The van der Waals surface area contributed by atoms with Gasteiger partial charge in [0.1, 0.15) is 6.04 Å². The summed E-state index contributed by atoms with van der Waals surface area (Å²) in [6, 6.07) is 17.0. The van der Waals surface area contributed by atoms with Crippen LogP contribution in [-0.4, -0.2) is 38.0 Å². The van der Waals surface area contributed by atoms with Gasteiger partial charge in [0, 0.05) is 18.3 Å². The average Bonchev–Trinajstić information content (AvgIpc) is 3.43. The molecule has 1 saturated heterocycles. The molecule has 1 fully saturated rings. The second-order valence-electron chi connectivity index (χ2n) is 7.34. The van der Waals surface area contributed by atoms with E-state index in [1.165, 1.54) is 4.31 Å². The summed E-state index contributed by atoms with van der Waals surface area (Å²) >= 11 is 0. The fraction of sp³-hybridized carbons (Fsp3) is 0.227. The molecule has 8 heteroatoms. The quantitative estimate of drug-likeness (QED) is 0.694. The monoisotopic (exact) mass is 424 g/mol. The number of amides is 1. The number of hydrogen-bond acceptors (Lipinski definition) is 5. The minimum absolute atomic E-state index is 0.146. The van der Waals surface area contributed by atoms with Gasteiger partial charge < -0.3 is 14.8 Å². The molecule has 0 radical (unpaired) electrons. The maximum Gasteiger partial charge on any atom is 0.243 e. The lowest BCUT2D eigenvalue weighted by atomic mass is 10.1. The highest BCUT2D eigenvalue weighted by molar-refractivity contribution is 7.89. The molecule has 0 aromatic heterocycles. The van der Waals surface area contributed by atoms with Crippen molar-refractivity contribution in [1.82, 2.24) is 4.31 Å². The van der Waals surface area contributed by atoms with Gasteiger partial charge >= 0.3 is 0 Å². The molecular formula is C22H20N2O5S. The van der Waals surface area contributed by atoms with E-state index in [1.807, 2.05) is 24.3 Å². The van der Waals surface area contributed by atoms with Crippen LogP contribution in [0.4, 0.5) is 5.69 Å². The number of anilines is 1. The number of sulfonamides is 1. The lowest BCUT2D eigenvalue weighted by Crippen LogP contribution is -2.43. The van der Waals surface area contributed by atoms with Crippen LogP contribution < -0.4 is 14.8 Å². The van der Waals surface area contributed by atoms with E-state index in [0.717, 1.165) is 10.8 Å². The fourth-order valence-corrected chi connectivity index (χ4v) is 5.65. The number of nitrogens with one attached hydrogen (secondary N) is 1. The molecule has 2 aliphatic heterocycles. The van der Waals surface area contributed by atoms with E-state index < -0.39 is 16.1 Å². The molecule has 0 aliphatic carbocycles. The van der Waals surface area contributed by atoms with Gasteiger partial charge in [-0.25, -0.2) is 8.42 Å². The van der Waals surface area contributed by atoms with Gasteiger partial charge in [0.2, 0.25) is 22.7 Å². The van der Waals surface area contributed by atoms with Crippen molar-refractivity contribution >= 4 is 32.4 Å². The van der Waals surface area contributed by atoms with Gasteiger partial charge in [0.25, 0.3) is 0 Å². The highest BCUT2D eigenvalue weighted by Crippen LogP contribution is 2.35. The van der Waals surface area contributed by atoms with E-state index >= 15 is 0 Å². The van der Waals surface area contributed by atoms with Crippen molar-refractivity contribution in [2.24, 2.45) is 0 Å². The SMILES string of the molecule is O=C(Nc1ccc2c(c1)OCO2)[C@@H]1CCCN1S(=O)(=O)c1ccc2ccccc2c1. The Labute approximate surface area is 174 Å². The molecule has 2 aliphatic rings. The van der Waals surface area contributed by atoms with Gasteiger partial charge in [-0.2, -0.15) is 4.31 Å². The van der Waals surface area contributed by atoms with Crippen LogP contribution in [0.2, 0.25) is 0 Å². The molecule has 5 rings (SSSR count). The van der Waals surface area contributed by atoms with E-state index in [0.29, 0.717) is 36.6 Å². The molecule has 7 nitrogen and oxygen atoms in total. The van der Waals surface area contributed by atoms with E-state index in [1.54, 1.807) is 36.4 Å². The van der Waals surface area contributed by atoms with Gasteiger partial charge in [-0.15, -0.1) is 0 Å². The summed E-state index contributed by atoms with van der Waals surface area (Å²) in [5.41, 5.74) is 0.541. The highest BCUT2D eigenvalue weighted by Gasteiger charge is 2.39. The van der Waals surface area contributed by atoms with Crippen molar-refractivity contribution in [2.45, 2.75) is 23.8 Å². The lowest BCUT2D eigenvalue weighted by molar-refractivity contribution is -0.119. The van der Waals surface area contributed by atoms with Crippen molar-refractivity contribution in [3.8, 4) is 11.5 Å². The second kappa shape index (κ2) is 7.30. The number of nitrogens with zero attached hydrogens (tertiary/aromatic N) is 1. The second-order valence-corrected chi connectivity index (χ2v) is 9.23. The predicted molar refractivity (Wildman–Crippen MR) is 112 cm³/mol. The first-order valence-corrected chi connectivity index (χ1v) is 11.2. The molecule has 2 heterocycles. The van der Waals surface area contributed by atoms with Gasteiger partial charge in [-0.05, 0) is 47.9 Å². The number of fused-ring (bicyclic) bond motifs is 2. The maximum absolute atomic E-state index is 13.3. The van der Waals surface area contributed by atoms with Crippen molar-refractivity contribution in [3.63, 3.8) is 0 Å². The van der Waals surface area contributed by atoms with Crippen LogP contribution in [0.15, 0.2) is 65.6 Å². The van der Waals surface area contributed by atoms with Crippen molar-refractivity contribution < 1.29 is 22.7 Å². The molecule has 1 amide bonds. The van der Waals surface area contributed by atoms with Crippen LogP contribution in [0, 0.1) is 0 Å². The number of rotatable bonds is 4. The minimum Gasteiger partial charge on any atom is -0.454 e. The summed E-state index contributed by atoms with van der Waals surface area (Å²) in [5.74, 6) is 0.824. The van der Waals surface area contributed by atoms with E-state index in [-0.39, 0.29) is 17.6 Å². The highest BCUT2D eigenvalue weighted by atomic mass is 32.2. The van der Waals surface area contributed by atoms with E-state index in [2.05, 4.69) is 5.32 Å². The number of benzene rings is 3. The van der Waals surface area contributed by atoms with Gasteiger partial charge in [-0.3, -0.25) is 4.79 Å². The Balaban J connectivity index is 1.39. The first-order valence-electron chi connectivity index (χ1n) is 9.73. The lowest BCUT2D eigenvalue weighted by Gasteiger charge is -2.23. The van der Waals surface area contributed by atoms with Crippen molar-refractivity contribution in [1.29, 1.82) is 0 Å². The third-order valence-electron chi connectivity index (χ3n) is 5.47. The Kier molecular flexibility index (Phi) is 4.60. The van der Waals surface area contributed by atoms with Gasteiger partial charge in [0.05, 0.1) is 4.90 Å². The molecule has 30 heavy (non-hydrogen) atoms. The maximum atomic E-state index is 13.3. The van der Waals surface area contributed by atoms with Crippen LogP contribution in [0.1, 0.15) is 12.8 Å². The van der Waals surface area contributed by atoms with Crippen molar-refractivity contribution in [2.75, 3.05) is 18.7 Å². The summed E-state index contributed by atoms with van der Waals surface area (Å²) in [4.78, 5) is 13.1. The minimum atomic E-state index is -3.80. The van der Waals surface area contributed by atoms with Crippen LogP contribution in [0.25, 0.3) is 10.8 Å². The van der Waals surface area contributed by atoms with Crippen LogP contribution in [0.3, 0.4) is 0 Å². The van der Waals surface area contributed by atoms with Crippen molar-refractivity contribution in [3.05, 3.63) is 60.7 Å². The third-order valence-corrected chi connectivity index (χ3v) is 7.38. The molecule has 3 aromatic rings. The zero-order chi connectivity index (χ0) is 20.7. The zero-order valence-corrected chi connectivity index (χ0v) is 16.9. The first kappa shape index (κ1) is 18.9. The first-order chi connectivity index (χ1) is 14.5. The van der Waals surface area contributed by atoms with Gasteiger partial charge in [0.15, 0.2) is 11.5 Å². The van der Waals surface area contributed by atoms with Crippen LogP contribution >= 0.6 is 0 Å². The third kappa shape index (κ3) is 3.28. The standard InChI is InChI=1S/C22H20N2O5S/c25-22(23-17-8-10-20-21(13-17)29-14-28-20)19-6-3-11-24(19)30(26,27)18-9-7-15-4-1-2-5-16(15)12-18/h1-2,4-5,7-10,12-13,19H,3,6,11,14H2,(H,23,25)/t19-/m0/s1. The Morgan fingerprint density at radius 1 is 0.967 bits per heavy atom. The molecule has 0 saturated carbocycles. The topological polar surface area (TPSA) is 84.9 Å². The summed E-state index contributed by atoms with van der Waals surface area (Å²) in [6.07, 6.45) is 1.11. The summed E-state index contributed by atoms with van der Waals surface area (Å²) < 4.78 is 38.5. The Hall–Kier alpha value is -3.10. The molecular weight excluding hydrogens is 404 g/mol. The Morgan fingerprint density at radius 2 is 1.77 bits per heavy atom. The molecule has 3 aromatic carbocycles. The largest absolute Gasteiger partial charge is 0.454 e. The van der Waals surface area contributed by atoms with Gasteiger partial charge in [-0.1, -0.05) is 30.3 Å². The molecule has 1 N–H and O–H groups in total. The predicted octanol–water partition coefficient (Wildman–Crippen LogP) is 3.36. The summed E-state index contributed by atoms with van der Waals surface area (Å²) in [5, 5.41) is 4.63. The van der Waals surface area contributed by atoms with Crippen LogP contribution in [0.5, 0.6) is 11.5 Å². The number of carbonyl (C=O) groups excluding carboxylic acids is 1. The molecule has 0 unspecified atom stereocenters. The van der Waals surface area contributed by atoms with Crippen LogP contribution in [-0.2, 0) is 14.8 Å². The van der Waals surface area contributed by atoms with E-state index in [9.17, 15) is 13.2 Å². The summed E-state index contributed by atoms with van der Waals surface area (Å²) in [7, 11) is -3.80. The molecule has 1 atom stereocenters. The number of carbonyl (C=O) groups is 1. The fourth-order valence-electron chi connectivity index (χ4n) is 3.95. The van der Waals surface area contributed by atoms with E-state index in [4.69, 9.17) is 9.47 Å². The zero-order valence-electron chi connectivity index (χ0n) is 16.1. The number of ether oxygens (including phenoxy) is 2. The molecule has 154 valence electrons. The average molecular weight is 424 g/mol. The smallest absolute Gasteiger partial charge is 0.243 e.